The first kappa shape index (κ1) is 31.4. The van der Waals surface area contributed by atoms with Gasteiger partial charge < -0.3 is 29.3 Å². The minimum absolute atomic E-state index is 0.0973. The molecule has 1 aromatic heterocycles. The summed E-state index contributed by atoms with van der Waals surface area (Å²) < 4.78 is 80.8. The van der Waals surface area contributed by atoms with Crippen LogP contribution in [0.1, 0.15) is 19.3 Å². The van der Waals surface area contributed by atoms with Gasteiger partial charge in [0.25, 0.3) is 0 Å². The van der Waals surface area contributed by atoms with E-state index in [1.54, 1.807) is 19.5 Å². The number of nitrogens with zero attached hydrogens (tertiary/aromatic N) is 2. The zero-order valence-corrected chi connectivity index (χ0v) is 19.3. The van der Waals surface area contributed by atoms with E-state index in [-0.39, 0.29) is 5.41 Å². The third kappa shape index (κ3) is 11.0. The number of carboxylic acids is 2. The van der Waals surface area contributed by atoms with Crippen LogP contribution in [0.4, 0.5) is 26.3 Å². The summed E-state index contributed by atoms with van der Waals surface area (Å²) in [6.07, 6.45) is -2.94. The number of pyridine rings is 1. The number of likely N-dealkylation sites (tertiary alicyclic amines) is 1. The number of carbonyl (C=O) groups is 2. The van der Waals surface area contributed by atoms with Crippen molar-refractivity contribution in [2.45, 2.75) is 37.7 Å². The lowest BCUT2D eigenvalue weighted by Crippen LogP contribution is -2.57. The van der Waals surface area contributed by atoms with Crippen molar-refractivity contribution < 1.29 is 60.4 Å². The van der Waals surface area contributed by atoms with Gasteiger partial charge >= 0.3 is 24.3 Å². The van der Waals surface area contributed by atoms with Crippen LogP contribution < -0.4 is 4.74 Å². The molecule has 0 spiro atoms. The Kier molecular flexibility index (Phi) is 12.4. The fourth-order valence-electron chi connectivity index (χ4n) is 3.66. The van der Waals surface area contributed by atoms with E-state index in [1.807, 2.05) is 12.1 Å². The van der Waals surface area contributed by atoms with Crippen LogP contribution in [0.25, 0.3) is 0 Å². The van der Waals surface area contributed by atoms with E-state index < -0.39 is 24.3 Å². The number of piperidine rings is 1. The fourth-order valence-corrected chi connectivity index (χ4v) is 3.66. The van der Waals surface area contributed by atoms with E-state index in [2.05, 4.69) is 9.88 Å². The van der Waals surface area contributed by atoms with Crippen molar-refractivity contribution in [1.82, 2.24) is 9.88 Å². The minimum Gasteiger partial charge on any atom is -0.491 e. The molecule has 2 aliphatic rings. The molecular weight excluding hydrogens is 506 g/mol. The van der Waals surface area contributed by atoms with Crippen molar-refractivity contribution >= 4 is 11.9 Å². The number of halogens is 6. The summed E-state index contributed by atoms with van der Waals surface area (Å²) in [7, 11) is 1.76. The predicted molar refractivity (Wildman–Crippen MR) is 111 cm³/mol. The summed E-state index contributed by atoms with van der Waals surface area (Å²) in [5.41, 5.74) is 0.0973. The second-order valence-electron chi connectivity index (χ2n) is 7.97. The van der Waals surface area contributed by atoms with Crippen LogP contribution in [0.5, 0.6) is 5.75 Å². The van der Waals surface area contributed by atoms with Crippen LogP contribution in [-0.2, 0) is 19.1 Å². The van der Waals surface area contributed by atoms with Crippen molar-refractivity contribution in [3.63, 3.8) is 0 Å². The van der Waals surface area contributed by atoms with Gasteiger partial charge in [0.2, 0.25) is 0 Å². The smallest absolute Gasteiger partial charge is 0.490 e. The molecule has 0 aromatic carbocycles. The first-order valence-electron chi connectivity index (χ1n) is 10.7. The highest BCUT2D eigenvalue weighted by molar-refractivity contribution is 5.73. The van der Waals surface area contributed by atoms with Gasteiger partial charge in [-0.2, -0.15) is 26.3 Å². The van der Waals surface area contributed by atoms with Gasteiger partial charge in [0.15, 0.2) is 0 Å². The predicted octanol–water partition coefficient (Wildman–Crippen LogP) is 3.24. The highest BCUT2D eigenvalue weighted by Gasteiger charge is 2.46. The standard InChI is InChI=1S/C17H26N2O3.2C2HF3O2/c1-20-11-9-19-8-5-16-17(13-19,6-3-10-21-16)14-22-15-4-2-7-18-12-15;2*3-2(4,5)1(6)7/h2,4,7,12,16H,3,5-6,8-11,13-14H2,1H3;2*(H,6,7). The van der Waals surface area contributed by atoms with Gasteiger partial charge in [0.1, 0.15) is 5.75 Å². The van der Waals surface area contributed by atoms with E-state index >= 15 is 0 Å². The van der Waals surface area contributed by atoms with Crippen molar-refractivity contribution in [2.75, 3.05) is 46.6 Å². The molecule has 2 N–H and O–H groups in total. The molecule has 0 aliphatic carbocycles. The van der Waals surface area contributed by atoms with E-state index in [1.165, 1.54) is 6.42 Å². The molecule has 206 valence electrons. The van der Waals surface area contributed by atoms with E-state index in [9.17, 15) is 26.3 Å². The van der Waals surface area contributed by atoms with Gasteiger partial charge in [-0.05, 0) is 31.4 Å². The molecule has 2 aliphatic heterocycles. The number of rotatable bonds is 6. The van der Waals surface area contributed by atoms with Crippen LogP contribution in [0.2, 0.25) is 0 Å². The number of alkyl halides is 6. The SMILES string of the molecule is COCCN1CCC2OCCCC2(COc2cccnc2)C1.O=C(O)C(F)(F)F.O=C(O)C(F)(F)F. The Bertz CT molecular complexity index is 786. The third-order valence-corrected chi connectivity index (χ3v) is 5.32. The third-order valence-electron chi connectivity index (χ3n) is 5.32. The van der Waals surface area contributed by atoms with Crippen LogP contribution in [0.15, 0.2) is 24.5 Å². The summed E-state index contributed by atoms with van der Waals surface area (Å²) in [5.74, 6) is -4.67. The summed E-state index contributed by atoms with van der Waals surface area (Å²) in [4.78, 5) is 24.4. The van der Waals surface area contributed by atoms with Crippen molar-refractivity contribution in [1.29, 1.82) is 0 Å². The number of methoxy groups -OCH3 is 1. The highest BCUT2D eigenvalue weighted by atomic mass is 19.4. The molecule has 15 heteroatoms. The molecule has 2 saturated heterocycles. The van der Waals surface area contributed by atoms with Crippen molar-refractivity contribution in [3.05, 3.63) is 24.5 Å². The Morgan fingerprint density at radius 2 is 1.81 bits per heavy atom. The zero-order chi connectivity index (χ0) is 27.4. The fraction of sp³-hybridized carbons (Fsp3) is 0.667. The molecule has 3 rings (SSSR count). The number of hydrogen-bond donors (Lipinski definition) is 2. The maximum atomic E-state index is 10.6. The Morgan fingerprint density at radius 1 is 1.19 bits per heavy atom. The normalized spacial score (nSPS) is 22.1. The summed E-state index contributed by atoms with van der Waals surface area (Å²) >= 11 is 0. The monoisotopic (exact) mass is 534 g/mol. The van der Waals surface area contributed by atoms with Gasteiger partial charge in [0.05, 0.1) is 25.5 Å². The van der Waals surface area contributed by atoms with E-state index in [0.29, 0.717) is 12.7 Å². The van der Waals surface area contributed by atoms with Crippen molar-refractivity contribution in [2.24, 2.45) is 5.41 Å². The van der Waals surface area contributed by atoms with Gasteiger partial charge in [-0.25, -0.2) is 9.59 Å². The lowest BCUT2D eigenvalue weighted by atomic mass is 9.73. The zero-order valence-electron chi connectivity index (χ0n) is 19.3. The molecule has 1 aromatic rings. The molecule has 9 nitrogen and oxygen atoms in total. The molecule has 2 unspecified atom stereocenters. The molecule has 0 saturated carbocycles. The number of aromatic nitrogens is 1. The molecule has 0 bridgehead atoms. The Morgan fingerprint density at radius 3 is 2.31 bits per heavy atom. The highest BCUT2D eigenvalue weighted by Crippen LogP contribution is 2.40. The lowest BCUT2D eigenvalue weighted by Gasteiger charge is -2.50. The lowest BCUT2D eigenvalue weighted by molar-refractivity contribution is -0.193. The van der Waals surface area contributed by atoms with Crippen LogP contribution in [0, 0.1) is 5.41 Å². The number of carboxylic acid groups (broad SMARTS) is 2. The molecular formula is C21H28F6N2O7. The molecule has 2 atom stereocenters. The summed E-state index contributed by atoms with van der Waals surface area (Å²) in [6, 6.07) is 3.88. The van der Waals surface area contributed by atoms with Gasteiger partial charge in [-0.3, -0.25) is 4.98 Å². The average molecular weight is 534 g/mol. The van der Waals surface area contributed by atoms with Gasteiger partial charge in [-0.1, -0.05) is 0 Å². The first-order valence-corrected chi connectivity index (χ1v) is 10.7. The van der Waals surface area contributed by atoms with Crippen LogP contribution in [-0.4, -0.2) is 97.1 Å². The summed E-state index contributed by atoms with van der Waals surface area (Å²) in [5, 5.41) is 14.2. The topological polar surface area (TPSA) is 118 Å². The molecule has 3 heterocycles. The second kappa shape index (κ2) is 14.2. The largest absolute Gasteiger partial charge is 0.491 e. The average Bonchev–Trinajstić information content (AvgIpc) is 2.81. The summed E-state index contributed by atoms with van der Waals surface area (Å²) in [6.45, 7) is 5.47. The number of fused-ring (bicyclic) bond motifs is 1. The Balaban J connectivity index is 0.000000383. The Labute approximate surface area is 202 Å². The number of ether oxygens (including phenoxy) is 3. The quantitative estimate of drug-likeness (QED) is 0.531. The maximum absolute atomic E-state index is 10.6. The maximum Gasteiger partial charge on any atom is 0.490 e. The minimum atomic E-state index is -5.08. The molecule has 0 amide bonds. The van der Waals surface area contributed by atoms with Crippen molar-refractivity contribution in [3.8, 4) is 5.75 Å². The molecule has 2 fully saturated rings. The van der Waals surface area contributed by atoms with Crippen LogP contribution in [0.3, 0.4) is 0 Å². The van der Waals surface area contributed by atoms with Gasteiger partial charge in [-0.15, -0.1) is 0 Å². The Hall–Kier alpha value is -2.65. The first-order chi connectivity index (χ1) is 16.7. The van der Waals surface area contributed by atoms with E-state index in [0.717, 1.165) is 51.4 Å². The van der Waals surface area contributed by atoms with E-state index in [4.69, 9.17) is 34.0 Å². The molecule has 36 heavy (non-hydrogen) atoms. The number of aliphatic carboxylic acids is 2. The van der Waals surface area contributed by atoms with Crippen LogP contribution >= 0.6 is 0 Å². The molecule has 0 radical (unpaired) electrons. The van der Waals surface area contributed by atoms with Gasteiger partial charge in [0, 0.05) is 45.0 Å². The number of hydrogen-bond acceptors (Lipinski definition) is 7. The second-order valence-corrected chi connectivity index (χ2v) is 7.97.